The molecule has 1 N–H and O–H groups in total. The first kappa shape index (κ1) is 16.0. The maximum atomic E-state index is 12.9. The third-order valence-corrected chi connectivity index (χ3v) is 6.20. The van der Waals surface area contributed by atoms with Crippen LogP contribution in [0.3, 0.4) is 0 Å². The average molecular weight is 311 g/mol. The monoisotopic (exact) mass is 311 g/mol. The van der Waals surface area contributed by atoms with Gasteiger partial charge in [0.2, 0.25) is 10.0 Å². The number of sulfonamides is 1. The minimum atomic E-state index is -3.66. The van der Waals surface area contributed by atoms with Crippen molar-refractivity contribution in [2.24, 2.45) is 5.92 Å². The number of rotatable bonds is 3. The highest BCUT2D eigenvalue weighted by atomic mass is 32.2. The number of piperidine rings is 1. The van der Waals surface area contributed by atoms with Crippen LogP contribution < -0.4 is 0 Å². The molecule has 0 amide bonds. The molecule has 0 aromatic heterocycles. The van der Waals surface area contributed by atoms with E-state index in [1.54, 1.807) is 13.0 Å². The summed E-state index contributed by atoms with van der Waals surface area (Å²) in [6, 6.07) is 4.19. The molecule has 1 aromatic rings. The first-order chi connectivity index (χ1) is 9.73. The molecule has 116 valence electrons. The Morgan fingerprint density at radius 2 is 1.95 bits per heavy atom. The third kappa shape index (κ3) is 3.11. The van der Waals surface area contributed by atoms with Gasteiger partial charge >= 0.3 is 5.97 Å². The topological polar surface area (TPSA) is 74.7 Å². The van der Waals surface area contributed by atoms with Gasteiger partial charge in [-0.25, -0.2) is 13.2 Å². The lowest BCUT2D eigenvalue weighted by Crippen LogP contribution is -2.45. The van der Waals surface area contributed by atoms with Crippen LogP contribution in [0, 0.1) is 12.8 Å². The zero-order valence-corrected chi connectivity index (χ0v) is 13.4. The normalized spacial score (nSPS) is 24.0. The number of nitrogens with zero attached hydrogens (tertiary/aromatic N) is 1. The van der Waals surface area contributed by atoms with Crippen molar-refractivity contribution in [3.63, 3.8) is 0 Å². The molecule has 1 heterocycles. The Hall–Kier alpha value is -1.40. The summed E-state index contributed by atoms with van der Waals surface area (Å²) in [5.41, 5.74) is 0.572. The van der Waals surface area contributed by atoms with E-state index in [0.717, 1.165) is 12.8 Å². The maximum absolute atomic E-state index is 12.9. The summed E-state index contributed by atoms with van der Waals surface area (Å²) in [5, 5.41) is 9.06. The van der Waals surface area contributed by atoms with Crippen LogP contribution in [-0.4, -0.2) is 36.4 Å². The lowest BCUT2D eigenvalue weighted by Gasteiger charge is -2.36. The van der Waals surface area contributed by atoms with E-state index in [0.29, 0.717) is 18.0 Å². The Morgan fingerprint density at radius 1 is 1.29 bits per heavy atom. The number of aromatic carboxylic acids is 1. The van der Waals surface area contributed by atoms with Crippen molar-refractivity contribution in [1.29, 1.82) is 0 Å². The van der Waals surface area contributed by atoms with Crippen LogP contribution in [0.5, 0.6) is 0 Å². The molecule has 0 radical (unpaired) electrons. The standard InChI is InChI=1S/C15H21NO4S/c1-10-4-6-12(3)16(9-10)21(19,20)14-8-13(15(17)18)7-5-11(14)2/h5,7-8,10,12H,4,6,9H2,1-3H3,(H,17,18). The molecular weight excluding hydrogens is 290 g/mol. The molecule has 0 aliphatic carbocycles. The van der Waals surface area contributed by atoms with Gasteiger partial charge in [0.25, 0.3) is 0 Å². The lowest BCUT2D eigenvalue weighted by molar-refractivity contribution is 0.0696. The van der Waals surface area contributed by atoms with Gasteiger partial charge in [-0.3, -0.25) is 0 Å². The van der Waals surface area contributed by atoms with Gasteiger partial charge in [0.15, 0.2) is 0 Å². The molecule has 1 aliphatic rings. The van der Waals surface area contributed by atoms with Crippen molar-refractivity contribution in [3.8, 4) is 0 Å². The Morgan fingerprint density at radius 3 is 2.57 bits per heavy atom. The van der Waals surface area contributed by atoms with Gasteiger partial charge in [-0.1, -0.05) is 13.0 Å². The molecule has 5 nitrogen and oxygen atoms in total. The Kier molecular flexibility index (Phi) is 4.39. The molecule has 6 heteroatoms. The smallest absolute Gasteiger partial charge is 0.335 e. The summed E-state index contributed by atoms with van der Waals surface area (Å²) in [4.78, 5) is 11.2. The molecule has 0 saturated carbocycles. The van der Waals surface area contributed by atoms with Crippen molar-refractivity contribution < 1.29 is 18.3 Å². The number of aryl methyl sites for hydroxylation is 1. The van der Waals surface area contributed by atoms with Gasteiger partial charge in [0.1, 0.15) is 0 Å². The van der Waals surface area contributed by atoms with E-state index in [1.807, 2.05) is 13.8 Å². The molecule has 1 aromatic carbocycles. The first-order valence-electron chi connectivity index (χ1n) is 7.09. The molecular formula is C15H21NO4S. The van der Waals surface area contributed by atoms with Gasteiger partial charge in [-0.2, -0.15) is 4.31 Å². The maximum Gasteiger partial charge on any atom is 0.335 e. The largest absolute Gasteiger partial charge is 0.478 e. The number of benzene rings is 1. The van der Waals surface area contributed by atoms with E-state index in [-0.39, 0.29) is 16.5 Å². The number of carboxylic acid groups (broad SMARTS) is 1. The highest BCUT2D eigenvalue weighted by molar-refractivity contribution is 7.89. The van der Waals surface area contributed by atoms with Crippen LogP contribution in [0.1, 0.15) is 42.6 Å². The van der Waals surface area contributed by atoms with E-state index < -0.39 is 16.0 Å². The summed E-state index contributed by atoms with van der Waals surface area (Å²) in [6.45, 7) is 6.12. The fourth-order valence-corrected chi connectivity index (χ4v) is 4.75. The highest BCUT2D eigenvalue weighted by Crippen LogP contribution is 2.29. The number of hydrogen-bond donors (Lipinski definition) is 1. The molecule has 21 heavy (non-hydrogen) atoms. The van der Waals surface area contributed by atoms with Crippen LogP contribution in [0.25, 0.3) is 0 Å². The number of carbonyl (C=O) groups is 1. The highest BCUT2D eigenvalue weighted by Gasteiger charge is 2.34. The number of hydrogen-bond acceptors (Lipinski definition) is 3. The predicted octanol–water partition coefficient (Wildman–Crippen LogP) is 2.50. The van der Waals surface area contributed by atoms with E-state index in [4.69, 9.17) is 5.11 Å². The number of carboxylic acids is 1. The van der Waals surface area contributed by atoms with E-state index >= 15 is 0 Å². The van der Waals surface area contributed by atoms with E-state index in [2.05, 4.69) is 0 Å². The summed E-state index contributed by atoms with van der Waals surface area (Å²) < 4.78 is 27.3. The SMILES string of the molecule is Cc1ccc(C(=O)O)cc1S(=O)(=O)N1CC(C)CCC1C. The second kappa shape index (κ2) is 5.77. The fraction of sp³-hybridized carbons (Fsp3) is 0.533. The molecule has 1 aliphatic heterocycles. The molecule has 2 rings (SSSR count). The summed E-state index contributed by atoms with van der Waals surface area (Å²) >= 11 is 0. The van der Waals surface area contributed by atoms with Gasteiger partial charge < -0.3 is 5.11 Å². The lowest BCUT2D eigenvalue weighted by atomic mass is 9.97. The zero-order valence-electron chi connectivity index (χ0n) is 12.5. The van der Waals surface area contributed by atoms with Crippen molar-refractivity contribution in [1.82, 2.24) is 4.31 Å². The summed E-state index contributed by atoms with van der Waals surface area (Å²) in [6.07, 6.45) is 1.85. The fourth-order valence-electron chi connectivity index (χ4n) is 2.72. The summed E-state index contributed by atoms with van der Waals surface area (Å²) in [7, 11) is -3.66. The van der Waals surface area contributed by atoms with Gasteiger partial charge in [0, 0.05) is 12.6 Å². The Labute approximate surface area is 125 Å². The van der Waals surface area contributed by atoms with Crippen molar-refractivity contribution >= 4 is 16.0 Å². The zero-order chi connectivity index (χ0) is 15.8. The third-order valence-electron chi connectivity index (χ3n) is 4.08. The van der Waals surface area contributed by atoms with Crippen LogP contribution in [-0.2, 0) is 10.0 Å². The van der Waals surface area contributed by atoms with Crippen LogP contribution in [0.15, 0.2) is 23.1 Å². The molecule has 1 fully saturated rings. The van der Waals surface area contributed by atoms with Gasteiger partial charge in [-0.05, 0) is 50.3 Å². The van der Waals surface area contributed by atoms with E-state index in [1.165, 1.54) is 16.4 Å². The molecule has 0 bridgehead atoms. The molecule has 1 saturated heterocycles. The van der Waals surface area contributed by atoms with Crippen molar-refractivity contribution in [3.05, 3.63) is 29.3 Å². The summed E-state index contributed by atoms with van der Waals surface area (Å²) in [5.74, 6) is -0.801. The van der Waals surface area contributed by atoms with E-state index in [9.17, 15) is 13.2 Å². The Balaban J connectivity index is 2.48. The second-order valence-electron chi connectivity index (χ2n) is 5.89. The minimum absolute atomic E-state index is 0.00288. The molecule has 2 atom stereocenters. The van der Waals surface area contributed by atoms with Crippen molar-refractivity contribution in [2.45, 2.75) is 44.6 Å². The molecule has 2 unspecified atom stereocenters. The predicted molar refractivity (Wildman–Crippen MR) is 79.9 cm³/mol. The van der Waals surface area contributed by atoms with Crippen LogP contribution in [0.2, 0.25) is 0 Å². The Bertz CT molecular complexity index is 654. The first-order valence-corrected chi connectivity index (χ1v) is 8.53. The van der Waals surface area contributed by atoms with Crippen LogP contribution in [0.4, 0.5) is 0 Å². The molecule has 0 spiro atoms. The van der Waals surface area contributed by atoms with Gasteiger partial charge in [-0.15, -0.1) is 0 Å². The minimum Gasteiger partial charge on any atom is -0.478 e. The van der Waals surface area contributed by atoms with Crippen LogP contribution >= 0.6 is 0 Å². The quantitative estimate of drug-likeness (QED) is 0.930. The average Bonchev–Trinajstić information content (AvgIpc) is 2.41. The van der Waals surface area contributed by atoms with Gasteiger partial charge in [0.05, 0.1) is 10.5 Å². The second-order valence-corrected chi connectivity index (χ2v) is 7.75. The van der Waals surface area contributed by atoms with Crippen molar-refractivity contribution in [2.75, 3.05) is 6.54 Å².